The number of rotatable bonds is 7. The number of benzene rings is 1. The van der Waals surface area contributed by atoms with E-state index in [4.69, 9.17) is 4.74 Å². The maximum atomic E-state index is 10.5. The highest BCUT2D eigenvalue weighted by Crippen LogP contribution is 2.23. The smallest absolute Gasteiger partial charge is 0.111 e. The van der Waals surface area contributed by atoms with Crippen molar-refractivity contribution in [2.75, 3.05) is 6.61 Å². The number of ether oxygens (including phenoxy) is 1. The fraction of sp³-hybridized carbons (Fsp3) is 0.438. The van der Waals surface area contributed by atoms with E-state index >= 15 is 0 Å². The van der Waals surface area contributed by atoms with E-state index < -0.39 is 6.10 Å². The van der Waals surface area contributed by atoms with Crippen LogP contribution in [0.3, 0.4) is 0 Å². The predicted molar refractivity (Wildman–Crippen MR) is 78.4 cm³/mol. The van der Waals surface area contributed by atoms with Gasteiger partial charge in [0.25, 0.3) is 0 Å². The first kappa shape index (κ1) is 14.8. The number of aromatic nitrogens is 2. The minimum Gasteiger partial charge on any atom is -0.390 e. The van der Waals surface area contributed by atoms with Crippen LogP contribution < -0.4 is 0 Å². The van der Waals surface area contributed by atoms with Gasteiger partial charge in [-0.2, -0.15) is 0 Å². The standard InChI is InChI=1S/C16H22N2O2/c1-3-18-11-10-17-15(18)12-14(19)16(20-4-2)13-8-6-5-7-9-13/h5-11,14,16,19H,3-4,12H2,1-2H3. The largest absolute Gasteiger partial charge is 0.390 e. The SMILES string of the molecule is CCOC(c1ccccc1)C(O)Cc1nccn1CC. The van der Waals surface area contributed by atoms with Crippen LogP contribution in [-0.2, 0) is 17.7 Å². The second kappa shape index (κ2) is 7.22. The first-order valence-corrected chi connectivity index (χ1v) is 7.10. The van der Waals surface area contributed by atoms with Crippen molar-refractivity contribution in [1.82, 2.24) is 9.55 Å². The Labute approximate surface area is 120 Å². The van der Waals surface area contributed by atoms with Crippen molar-refractivity contribution in [2.24, 2.45) is 0 Å². The molecule has 0 fully saturated rings. The molecule has 0 aliphatic rings. The van der Waals surface area contributed by atoms with E-state index in [0.717, 1.165) is 17.9 Å². The topological polar surface area (TPSA) is 47.3 Å². The Morgan fingerprint density at radius 2 is 2.00 bits per heavy atom. The lowest BCUT2D eigenvalue weighted by atomic mass is 10.0. The van der Waals surface area contributed by atoms with Crippen LogP contribution in [0.1, 0.15) is 31.3 Å². The molecule has 4 heteroatoms. The molecule has 0 radical (unpaired) electrons. The Kier molecular flexibility index (Phi) is 5.32. The Bertz CT molecular complexity index is 510. The van der Waals surface area contributed by atoms with Crippen LogP contribution in [0, 0.1) is 0 Å². The van der Waals surface area contributed by atoms with Crippen LogP contribution in [-0.4, -0.2) is 27.4 Å². The summed E-state index contributed by atoms with van der Waals surface area (Å²) in [5, 5.41) is 10.5. The summed E-state index contributed by atoms with van der Waals surface area (Å²) < 4.78 is 7.76. The van der Waals surface area contributed by atoms with E-state index in [1.807, 2.05) is 48.0 Å². The van der Waals surface area contributed by atoms with Gasteiger partial charge in [0, 0.05) is 32.0 Å². The number of hydrogen-bond donors (Lipinski definition) is 1. The van der Waals surface area contributed by atoms with Crippen molar-refractivity contribution in [3.63, 3.8) is 0 Å². The predicted octanol–water partition coefficient (Wildman–Crippen LogP) is 2.58. The lowest BCUT2D eigenvalue weighted by Crippen LogP contribution is -2.25. The minimum absolute atomic E-state index is 0.316. The van der Waals surface area contributed by atoms with Crippen molar-refractivity contribution < 1.29 is 9.84 Å². The van der Waals surface area contributed by atoms with Crippen molar-refractivity contribution >= 4 is 0 Å². The van der Waals surface area contributed by atoms with Gasteiger partial charge in [-0.3, -0.25) is 0 Å². The van der Waals surface area contributed by atoms with E-state index in [0.29, 0.717) is 13.0 Å². The Hall–Kier alpha value is -1.65. The molecule has 1 aromatic carbocycles. The summed E-state index contributed by atoms with van der Waals surface area (Å²) in [7, 11) is 0. The average molecular weight is 274 g/mol. The fourth-order valence-electron chi connectivity index (χ4n) is 2.36. The van der Waals surface area contributed by atoms with Gasteiger partial charge < -0.3 is 14.4 Å². The van der Waals surface area contributed by atoms with Crippen LogP contribution in [0.4, 0.5) is 0 Å². The second-order valence-corrected chi connectivity index (χ2v) is 4.69. The van der Waals surface area contributed by atoms with Gasteiger partial charge in [0.1, 0.15) is 11.9 Å². The molecule has 1 N–H and O–H groups in total. The summed E-state index contributed by atoms with van der Waals surface area (Å²) in [5.74, 6) is 0.889. The zero-order valence-electron chi connectivity index (χ0n) is 12.1. The molecule has 0 spiro atoms. The van der Waals surface area contributed by atoms with Crippen LogP contribution >= 0.6 is 0 Å². The van der Waals surface area contributed by atoms with Crippen molar-refractivity contribution in [3.8, 4) is 0 Å². The maximum Gasteiger partial charge on any atom is 0.111 e. The molecule has 0 aliphatic heterocycles. The zero-order valence-corrected chi connectivity index (χ0v) is 12.1. The van der Waals surface area contributed by atoms with Gasteiger partial charge in [-0.25, -0.2) is 4.98 Å². The highest BCUT2D eigenvalue weighted by Gasteiger charge is 2.23. The van der Waals surface area contributed by atoms with Gasteiger partial charge in [-0.05, 0) is 19.4 Å². The quantitative estimate of drug-likeness (QED) is 0.844. The molecule has 4 nitrogen and oxygen atoms in total. The molecular weight excluding hydrogens is 252 g/mol. The molecule has 20 heavy (non-hydrogen) atoms. The monoisotopic (exact) mass is 274 g/mol. The number of imidazole rings is 1. The van der Waals surface area contributed by atoms with Gasteiger partial charge >= 0.3 is 0 Å². The summed E-state index contributed by atoms with van der Waals surface area (Å²) >= 11 is 0. The van der Waals surface area contributed by atoms with E-state index in [2.05, 4.69) is 11.9 Å². The Morgan fingerprint density at radius 3 is 2.65 bits per heavy atom. The fourth-order valence-corrected chi connectivity index (χ4v) is 2.36. The Morgan fingerprint density at radius 1 is 1.25 bits per heavy atom. The molecule has 2 unspecified atom stereocenters. The third-order valence-electron chi connectivity index (χ3n) is 3.36. The number of nitrogens with zero attached hydrogens (tertiary/aromatic N) is 2. The molecule has 108 valence electrons. The molecule has 1 aromatic heterocycles. The lowest BCUT2D eigenvalue weighted by Gasteiger charge is -2.23. The number of aryl methyl sites for hydroxylation is 1. The van der Waals surface area contributed by atoms with Gasteiger partial charge in [-0.15, -0.1) is 0 Å². The van der Waals surface area contributed by atoms with Crippen LogP contribution in [0.15, 0.2) is 42.7 Å². The maximum absolute atomic E-state index is 10.5. The first-order chi connectivity index (χ1) is 9.76. The molecule has 0 saturated heterocycles. The second-order valence-electron chi connectivity index (χ2n) is 4.69. The van der Waals surface area contributed by atoms with Crippen molar-refractivity contribution in [3.05, 3.63) is 54.1 Å². The van der Waals surface area contributed by atoms with Crippen LogP contribution in [0.5, 0.6) is 0 Å². The number of aliphatic hydroxyl groups excluding tert-OH is 1. The van der Waals surface area contributed by atoms with Crippen molar-refractivity contribution in [1.29, 1.82) is 0 Å². The number of aliphatic hydroxyl groups is 1. The van der Waals surface area contributed by atoms with Crippen LogP contribution in [0.2, 0.25) is 0 Å². The number of hydrogen-bond acceptors (Lipinski definition) is 3. The molecule has 2 aromatic rings. The average Bonchev–Trinajstić information content (AvgIpc) is 2.92. The molecule has 2 atom stereocenters. The zero-order chi connectivity index (χ0) is 14.4. The van der Waals surface area contributed by atoms with Crippen molar-refractivity contribution in [2.45, 2.75) is 39.0 Å². The van der Waals surface area contributed by atoms with Gasteiger partial charge in [0.2, 0.25) is 0 Å². The molecule has 2 rings (SSSR count). The summed E-state index contributed by atoms with van der Waals surface area (Å²) in [5.41, 5.74) is 0.997. The summed E-state index contributed by atoms with van der Waals surface area (Å²) in [6.45, 7) is 5.43. The Balaban J connectivity index is 2.13. The minimum atomic E-state index is -0.606. The van der Waals surface area contributed by atoms with Gasteiger partial charge in [-0.1, -0.05) is 30.3 Å². The normalized spacial score (nSPS) is 14.2. The summed E-state index contributed by atoms with van der Waals surface area (Å²) in [6, 6.07) is 9.84. The molecular formula is C16H22N2O2. The molecule has 1 heterocycles. The summed E-state index contributed by atoms with van der Waals surface area (Å²) in [6.07, 6.45) is 3.26. The lowest BCUT2D eigenvalue weighted by molar-refractivity contribution is -0.0350. The highest BCUT2D eigenvalue weighted by atomic mass is 16.5. The van der Waals surface area contributed by atoms with Crippen LogP contribution in [0.25, 0.3) is 0 Å². The van der Waals surface area contributed by atoms with E-state index in [-0.39, 0.29) is 6.10 Å². The van der Waals surface area contributed by atoms with E-state index in [1.165, 1.54) is 0 Å². The molecule has 0 saturated carbocycles. The third-order valence-corrected chi connectivity index (χ3v) is 3.36. The van der Waals surface area contributed by atoms with E-state index in [9.17, 15) is 5.11 Å². The van der Waals surface area contributed by atoms with Gasteiger partial charge in [0.15, 0.2) is 0 Å². The molecule has 0 aliphatic carbocycles. The van der Waals surface area contributed by atoms with Gasteiger partial charge in [0.05, 0.1) is 6.10 Å². The highest BCUT2D eigenvalue weighted by molar-refractivity contribution is 5.19. The molecule has 0 amide bonds. The summed E-state index contributed by atoms with van der Waals surface area (Å²) in [4.78, 5) is 4.31. The molecule has 0 bridgehead atoms. The first-order valence-electron chi connectivity index (χ1n) is 7.10. The third kappa shape index (κ3) is 3.46. The van der Waals surface area contributed by atoms with E-state index in [1.54, 1.807) is 6.20 Å².